The van der Waals surface area contributed by atoms with Gasteiger partial charge in [-0.1, -0.05) is 0 Å². The molecule has 0 radical (unpaired) electrons. The lowest BCUT2D eigenvalue weighted by Crippen LogP contribution is -2.50. The summed E-state index contributed by atoms with van der Waals surface area (Å²) in [6, 6.07) is 1.87. The number of amides is 2. The normalized spacial score (nSPS) is 14.4. The highest BCUT2D eigenvalue weighted by molar-refractivity contribution is 6.00. The summed E-state index contributed by atoms with van der Waals surface area (Å²) in [5, 5.41) is 8.94. The van der Waals surface area contributed by atoms with Crippen LogP contribution in [-0.2, 0) is 11.3 Å². The second-order valence-electron chi connectivity index (χ2n) is 7.09. The Morgan fingerprint density at radius 2 is 1.87 bits per heavy atom. The van der Waals surface area contributed by atoms with Crippen molar-refractivity contribution in [2.45, 2.75) is 27.3 Å². The number of ether oxygens (including phenoxy) is 1. The first-order chi connectivity index (χ1) is 14.5. The Morgan fingerprint density at radius 3 is 2.53 bits per heavy atom. The maximum atomic E-state index is 13.1. The van der Waals surface area contributed by atoms with Gasteiger partial charge in [0.1, 0.15) is 5.56 Å². The van der Waals surface area contributed by atoms with Crippen molar-refractivity contribution in [3.63, 3.8) is 0 Å². The summed E-state index contributed by atoms with van der Waals surface area (Å²) < 4.78 is 8.59. The molecule has 1 saturated heterocycles. The second-order valence-corrected chi connectivity index (χ2v) is 7.09. The van der Waals surface area contributed by atoms with E-state index in [-0.39, 0.29) is 12.0 Å². The van der Waals surface area contributed by atoms with Gasteiger partial charge in [0.05, 0.1) is 24.2 Å². The number of carbonyl (C=O) groups is 2. The predicted molar refractivity (Wildman–Crippen MR) is 109 cm³/mol. The molecular weight excluding hydrogens is 386 g/mol. The molecule has 30 heavy (non-hydrogen) atoms. The Morgan fingerprint density at radius 1 is 1.13 bits per heavy atom. The molecule has 0 spiro atoms. The third-order valence-electron chi connectivity index (χ3n) is 5.27. The summed E-state index contributed by atoms with van der Waals surface area (Å²) in [5.74, 6) is -0.140. The minimum Gasteiger partial charge on any atom is -0.450 e. The number of piperazine rings is 1. The van der Waals surface area contributed by atoms with Crippen molar-refractivity contribution in [1.82, 2.24) is 34.2 Å². The van der Waals surface area contributed by atoms with Crippen LogP contribution in [0.4, 0.5) is 4.79 Å². The zero-order valence-corrected chi connectivity index (χ0v) is 17.4. The van der Waals surface area contributed by atoms with Gasteiger partial charge in [-0.3, -0.25) is 9.48 Å². The summed E-state index contributed by atoms with van der Waals surface area (Å²) in [6.07, 6.45) is 4.88. The van der Waals surface area contributed by atoms with Crippen LogP contribution in [0, 0.1) is 6.92 Å². The van der Waals surface area contributed by atoms with Gasteiger partial charge in [-0.2, -0.15) is 10.2 Å². The first-order valence-electron chi connectivity index (χ1n) is 10.1. The first kappa shape index (κ1) is 19.9. The van der Waals surface area contributed by atoms with Crippen LogP contribution < -0.4 is 0 Å². The Balaban J connectivity index is 1.58. The number of aryl methyl sites for hydroxylation is 2. The molecule has 0 aliphatic carbocycles. The first-order valence-corrected chi connectivity index (χ1v) is 10.1. The highest BCUT2D eigenvalue weighted by atomic mass is 16.6. The van der Waals surface area contributed by atoms with Crippen molar-refractivity contribution >= 4 is 17.6 Å². The number of carbonyl (C=O) groups excluding carboxylic acids is 2. The van der Waals surface area contributed by atoms with Gasteiger partial charge in [-0.05, 0) is 26.8 Å². The van der Waals surface area contributed by atoms with Gasteiger partial charge in [0.25, 0.3) is 5.91 Å². The number of aromatic nitrogens is 5. The smallest absolute Gasteiger partial charge is 0.409 e. The number of nitrogens with zero attached hydrogens (tertiary/aromatic N) is 7. The van der Waals surface area contributed by atoms with Crippen LogP contribution in [-0.4, -0.2) is 79.0 Å². The van der Waals surface area contributed by atoms with Gasteiger partial charge >= 0.3 is 6.09 Å². The van der Waals surface area contributed by atoms with Crippen LogP contribution in [0.15, 0.2) is 24.7 Å². The number of fused-ring (bicyclic) bond motifs is 1. The third-order valence-corrected chi connectivity index (χ3v) is 5.27. The molecule has 4 rings (SSSR count). The molecule has 0 atom stereocenters. The predicted octanol–water partition coefficient (Wildman–Crippen LogP) is 1.84. The van der Waals surface area contributed by atoms with E-state index >= 15 is 0 Å². The van der Waals surface area contributed by atoms with Crippen LogP contribution >= 0.6 is 0 Å². The largest absolute Gasteiger partial charge is 0.450 e. The Labute approximate surface area is 174 Å². The van der Waals surface area contributed by atoms with Crippen molar-refractivity contribution in [2.24, 2.45) is 0 Å². The van der Waals surface area contributed by atoms with Crippen molar-refractivity contribution in [3.8, 4) is 11.3 Å². The summed E-state index contributed by atoms with van der Waals surface area (Å²) in [4.78, 5) is 32.7. The molecule has 3 aromatic rings. The van der Waals surface area contributed by atoms with E-state index in [0.29, 0.717) is 44.0 Å². The molecule has 0 unspecified atom stereocenters. The molecule has 4 heterocycles. The summed E-state index contributed by atoms with van der Waals surface area (Å²) in [7, 11) is 0. The van der Waals surface area contributed by atoms with Gasteiger partial charge in [0.2, 0.25) is 0 Å². The molecule has 10 heteroatoms. The molecule has 1 aliphatic rings. The Bertz CT molecular complexity index is 1080. The lowest BCUT2D eigenvalue weighted by Gasteiger charge is -2.33. The van der Waals surface area contributed by atoms with E-state index in [2.05, 4.69) is 15.2 Å². The molecule has 1 aliphatic heterocycles. The molecule has 0 bridgehead atoms. The van der Waals surface area contributed by atoms with Gasteiger partial charge in [-0.15, -0.1) is 0 Å². The maximum Gasteiger partial charge on any atom is 0.409 e. The number of hydrogen-bond donors (Lipinski definition) is 0. The van der Waals surface area contributed by atoms with Crippen molar-refractivity contribution in [1.29, 1.82) is 0 Å². The average molecular weight is 411 g/mol. The van der Waals surface area contributed by atoms with Crippen LogP contribution in [0.3, 0.4) is 0 Å². The van der Waals surface area contributed by atoms with Gasteiger partial charge in [-0.25, -0.2) is 14.3 Å². The molecule has 0 N–H and O–H groups in total. The van der Waals surface area contributed by atoms with Crippen LogP contribution in [0.5, 0.6) is 0 Å². The van der Waals surface area contributed by atoms with E-state index in [1.54, 1.807) is 33.6 Å². The zero-order valence-electron chi connectivity index (χ0n) is 17.4. The fraction of sp³-hybridized carbons (Fsp3) is 0.450. The molecule has 1 fully saturated rings. The fourth-order valence-corrected chi connectivity index (χ4v) is 3.65. The van der Waals surface area contributed by atoms with E-state index in [4.69, 9.17) is 4.74 Å². The molecule has 0 saturated carbocycles. The quantitative estimate of drug-likeness (QED) is 0.650. The van der Waals surface area contributed by atoms with Crippen molar-refractivity contribution in [2.75, 3.05) is 32.8 Å². The van der Waals surface area contributed by atoms with Gasteiger partial charge in [0, 0.05) is 50.7 Å². The summed E-state index contributed by atoms with van der Waals surface area (Å²) in [5.41, 5.74) is 3.64. The van der Waals surface area contributed by atoms with Crippen molar-refractivity contribution < 1.29 is 14.3 Å². The van der Waals surface area contributed by atoms with Crippen LogP contribution in [0.25, 0.3) is 16.9 Å². The molecule has 2 amide bonds. The topological polar surface area (TPSA) is 97.9 Å². The highest BCUT2D eigenvalue weighted by Gasteiger charge is 2.28. The number of hydrogen-bond acceptors (Lipinski definition) is 6. The average Bonchev–Trinajstić information content (AvgIpc) is 3.37. The standard InChI is InChI=1S/C20H25N7O3/c1-4-26-13-16(14(3)23-26)17-6-7-21-18-15(12-22-27(17)18)19(28)24-8-10-25(11-9-24)20(29)30-5-2/h6-7,12-13H,4-5,8-11H2,1-3H3. The lowest BCUT2D eigenvalue weighted by atomic mass is 10.2. The minimum absolute atomic E-state index is 0.140. The summed E-state index contributed by atoms with van der Waals surface area (Å²) >= 11 is 0. The van der Waals surface area contributed by atoms with Crippen molar-refractivity contribution in [3.05, 3.63) is 35.9 Å². The van der Waals surface area contributed by atoms with E-state index in [0.717, 1.165) is 23.5 Å². The van der Waals surface area contributed by atoms with Crippen LogP contribution in [0.1, 0.15) is 29.9 Å². The van der Waals surface area contributed by atoms with E-state index in [1.165, 1.54) is 0 Å². The number of rotatable bonds is 4. The summed E-state index contributed by atoms with van der Waals surface area (Å²) in [6.45, 7) is 8.64. The van der Waals surface area contributed by atoms with E-state index in [9.17, 15) is 9.59 Å². The molecule has 10 nitrogen and oxygen atoms in total. The molecule has 3 aromatic heterocycles. The monoisotopic (exact) mass is 411 g/mol. The fourth-order valence-electron chi connectivity index (χ4n) is 3.65. The third kappa shape index (κ3) is 3.49. The Hall–Kier alpha value is -3.43. The maximum absolute atomic E-state index is 13.1. The lowest BCUT2D eigenvalue weighted by molar-refractivity contribution is 0.0571. The molecular formula is C20H25N7O3. The van der Waals surface area contributed by atoms with Gasteiger partial charge < -0.3 is 14.5 Å². The SMILES string of the molecule is CCOC(=O)N1CCN(C(=O)c2cnn3c(-c4cn(CC)nc4C)ccnc23)CC1. The molecule has 158 valence electrons. The van der Waals surface area contributed by atoms with Gasteiger partial charge in [0.15, 0.2) is 5.65 Å². The molecule has 0 aromatic carbocycles. The minimum atomic E-state index is -0.338. The highest BCUT2D eigenvalue weighted by Crippen LogP contribution is 2.24. The van der Waals surface area contributed by atoms with E-state index in [1.807, 2.05) is 30.8 Å². The van der Waals surface area contributed by atoms with E-state index < -0.39 is 0 Å². The zero-order chi connectivity index (χ0) is 21.3. The Kier molecular flexibility index (Phi) is 5.39. The van der Waals surface area contributed by atoms with Crippen LogP contribution in [0.2, 0.25) is 0 Å². The second kappa shape index (κ2) is 8.13.